The van der Waals surface area contributed by atoms with Crippen molar-refractivity contribution < 1.29 is 4.39 Å². The van der Waals surface area contributed by atoms with Crippen LogP contribution in [-0.2, 0) is 7.05 Å². The smallest absolute Gasteiger partial charge is 0.152 e. The normalized spacial score (nSPS) is 10.4. The fourth-order valence-electron chi connectivity index (χ4n) is 1.29. The summed E-state index contributed by atoms with van der Waals surface area (Å²) in [7, 11) is 1.80. The molecule has 84 valence electrons. The zero-order valence-corrected chi connectivity index (χ0v) is 10.1. The van der Waals surface area contributed by atoms with Crippen LogP contribution in [0.25, 0.3) is 0 Å². The number of aromatic nitrogens is 2. The highest BCUT2D eigenvalue weighted by atomic mass is 79.9. The zero-order valence-electron chi connectivity index (χ0n) is 8.54. The lowest BCUT2D eigenvalue weighted by Crippen LogP contribution is -1.99. The molecule has 1 aromatic carbocycles. The van der Waals surface area contributed by atoms with Crippen LogP contribution in [0.2, 0.25) is 0 Å². The number of nitrogen functional groups attached to an aromatic ring is 1. The summed E-state index contributed by atoms with van der Waals surface area (Å²) in [5.41, 5.74) is 6.71. The molecule has 6 heteroatoms. The van der Waals surface area contributed by atoms with Gasteiger partial charge in [0, 0.05) is 25.4 Å². The predicted octanol–water partition coefficient (Wildman–Crippen LogP) is 2.65. The Morgan fingerprint density at radius 3 is 2.88 bits per heavy atom. The topological polar surface area (TPSA) is 55.9 Å². The van der Waals surface area contributed by atoms with Crippen molar-refractivity contribution in [3.63, 3.8) is 0 Å². The van der Waals surface area contributed by atoms with Crippen molar-refractivity contribution in [2.45, 2.75) is 0 Å². The summed E-state index contributed by atoms with van der Waals surface area (Å²) in [6, 6.07) is 4.62. The average molecular weight is 285 g/mol. The number of aryl methyl sites for hydroxylation is 1. The molecule has 0 saturated heterocycles. The van der Waals surface area contributed by atoms with Gasteiger partial charge in [0.05, 0.1) is 15.8 Å². The van der Waals surface area contributed by atoms with Crippen molar-refractivity contribution in [2.24, 2.45) is 7.05 Å². The first-order valence-electron chi connectivity index (χ1n) is 4.57. The number of anilines is 3. The van der Waals surface area contributed by atoms with Gasteiger partial charge in [-0.25, -0.2) is 4.39 Å². The number of hydrogen-bond donors (Lipinski definition) is 2. The van der Waals surface area contributed by atoms with E-state index in [0.29, 0.717) is 21.7 Å². The fourth-order valence-corrected chi connectivity index (χ4v) is 1.65. The van der Waals surface area contributed by atoms with E-state index >= 15 is 0 Å². The Balaban J connectivity index is 2.31. The largest absolute Gasteiger partial charge is 0.397 e. The van der Waals surface area contributed by atoms with Gasteiger partial charge in [-0.05, 0) is 22.0 Å². The molecule has 2 rings (SSSR count). The van der Waals surface area contributed by atoms with E-state index in [9.17, 15) is 4.39 Å². The average Bonchev–Trinajstić information content (AvgIpc) is 2.60. The van der Waals surface area contributed by atoms with Crippen LogP contribution in [-0.4, -0.2) is 9.78 Å². The molecule has 3 N–H and O–H groups in total. The summed E-state index contributed by atoms with van der Waals surface area (Å²) in [5, 5.41) is 7.06. The zero-order chi connectivity index (χ0) is 11.7. The second-order valence-electron chi connectivity index (χ2n) is 3.35. The molecule has 0 amide bonds. The molecule has 0 fully saturated rings. The third-order valence-corrected chi connectivity index (χ3v) is 2.68. The molecule has 0 saturated carbocycles. The SMILES string of the molecule is Cn1ccc(Nc2cc(F)c(Br)cc2N)n1. The first-order chi connectivity index (χ1) is 7.56. The van der Waals surface area contributed by atoms with Crippen LogP contribution < -0.4 is 11.1 Å². The Hall–Kier alpha value is -1.56. The number of benzene rings is 1. The van der Waals surface area contributed by atoms with Crippen LogP contribution in [0.5, 0.6) is 0 Å². The van der Waals surface area contributed by atoms with Crippen LogP contribution in [0, 0.1) is 5.82 Å². The molecule has 0 aliphatic heterocycles. The van der Waals surface area contributed by atoms with E-state index in [1.54, 1.807) is 24.0 Å². The number of rotatable bonds is 2. The molecule has 1 aromatic heterocycles. The quantitative estimate of drug-likeness (QED) is 0.834. The van der Waals surface area contributed by atoms with E-state index in [-0.39, 0.29) is 5.82 Å². The Bertz CT molecular complexity index is 524. The van der Waals surface area contributed by atoms with Gasteiger partial charge in [-0.15, -0.1) is 0 Å². The Labute approximate surface area is 100 Å². The van der Waals surface area contributed by atoms with Gasteiger partial charge in [-0.1, -0.05) is 0 Å². The van der Waals surface area contributed by atoms with Gasteiger partial charge in [-0.2, -0.15) is 5.10 Å². The summed E-state index contributed by atoms with van der Waals surface area (Å²) < 4.78 is 15.3. The van der Waals surface area contributed by atoms with Crippen molar-refractivity contribution >= 4 is 33.1 Å². The van der Waals surface area contributed by atoms with E-state index in [0.717, 1.165) is 0 Å². The molecule has 4 nitrogen and oxygen atoms in total. The summed E-state index contributed by atoms with van der Waals surface area (Å²) >= 11 is 3.07. The number of nitrogens with two attached hydrogens (primary N) is 1. The second-order valence-corrected chi connectivity index (χ2v) is 4.21. The first kappa shape index (κ1) is 10.9. The molecule has 0 spiro atoms. The molecule has 0 radical (unpaired) electrons. The van der Waals surface area contributed by atoms with E-state index in [1.165, 1.54) is 12.1 Å². The van der Waals surface area contributed by atoms with Crippen LogP contribution in [0.3, 0.4) is 0 Å². The monoisotopic (exact) mass is 284 g/mol. The van der Waals surface area contributed by atoms with Gasteiger partial charge in [0.2, 0.25) is 0 Å². The van der Waals surface area contributed by atoms with Crippen molar-refractivity contribution in [1.29, 1.82) is 0 Å². The third kappa shape index (κ3) is 2.16. The molecule has 0 aliphatic rings. The van der Waals surface area contributed by atoms with Crippen LogP contribution in [0.4, 0.5) is 21.6 Å². The Morgan fingerprint density at radius 2 is 2.25 bits per heavy atom. The van der Waals surface area contributed by atoms with Gasteiger partial charge in [0.25, 0.3) is 0 Å². The minimum atomic E-state index is -0.368. The third-order valence-electron chi connectivity index (χ3n) is 2.07. The summed E-state index contributed by atoms with van der Waals surface area (Å²) in [6.07, 6.45) is 1.79. The van der Waals surface area contributed by atoms with Gasteiger partial charge < -0.3 is 11.1 Å². The summed E-state index contributed by atoms with van der Waals surface area (Å²) in [5.74, 6) is 0.253. The van der Waals surface area contributed by atoms with Crippen molar-refractivity contribution in [2.75, 3.05) is 11.1 Å². The van der Waals surface area contributed by atoms with E-state index in [2.05, 4.69) is 26.3 Å². The Morgan fingerprint density at radius 1 is 1.50 bits per heavy atom. The first-order valence-corrected chi connectivity index (χ1v) is 5.37. The van der Waals surface area contributed by atoms with Crippen molar-refractivity contribution in [3.05, 3.63) is 34.7 Å². The highest BCUT2D eigenvalue weighted by Crippen LogP contribution is 2.28. The maximum Gasteiger partial charge on any atom is 0.152 e. The van der Waals surface area contributed by atoms with Crippen molar-refractivity contribution in [1.82, 2.24) is 9.78 Å². The lowest BCUT2D eigenvalue weighted by molar-refractivity contribution is 0.622. The van der Waals surface area contributed by atoms with Gasteiger partial charge in [0.1, 0.15) is 5.82 Å². The molecule has 0 aliphatic carbocycles. The minimum Gasteiger partial charge on any atom is -0.397 e. The molecule has 0 unspecified atom stereocenters. The predicted molar refractivity (Wildman–Crippen MR) is 65.0 cm³/mol. The number of nitrogens with zero attached hydrogens (tertiary/aromatic N) is 2. The van der Waals surface area contributed by atoms with Crippen LogP contribution >= 0.6 is 15.9 Å². The molecule has 1 heterocycles. The maximum atomic E-state index is 13.3. The lowest BCUT2D eigenvalue weighted by atomic mass is 10.2. The molecule has 0 bridgehead atoms. The van der Waals surface area contributed by atoms with Crippen molar-refractivity contribution in [3.8, 4) is 0 Å². The standard InChI is InChI=1S/C10H10BrFN4/c1-16-3-2-10(15-16)14-9-5-7(12)6(11)4-8(9)13/h2-5H,13H2,1H3,(H,14,15). The summed E-state index contributed by atoms with van der Waals surface area (Å²) in [6.45, 7) is 0. The second kappa shape index (κ2) is 4.13. The summed E-state index contributed by atoms with van der Waals surface area (Å²) in [4.78, 5) is 0. The highest BCUT2D eigenvalue weighted by Gasteiger charge is 2.07. The highest BCUT2D eigenvalue weighted by molar-refractivity contribution is 9.10. The molecular formula is C10H10BrFN4. The minimum absolute atomic E-state index is 0.344. The molecule has 0 atom stereocenters. The Kier molecular flexibility index (Phi) is 2.82. The van der Waals surface area contributed by atoms with E-state index in [1.807, 2.05) is 0 Å². The van der Waals surface area contributed by atoms with E-state index < -0.39 is 0 Å². The van der Waals surface area contributed by atoms with Gasteiger partial charge >= 0.3 is 0 Å². The van der Waals surface area contributed by atoms with Gasteiger partial charge in [-0.3, -0.25) is 4.68 Å². The molecule has 16 heavy (non-hydrogen) atoms. The molecule has 2 aromatic rings. The number of nitrogens with one attached hydrogen (secondary N) is 1. The van der Waals surface area contributed by atoms with Gasteiger partial charge in [0.15, 0.2) is 5.82 Å². The molecular weight excluding hydrogens is 275 g/mol. The lowest BCUT2D eigenvalue weighted by Gasteiger charge is -2.07. The number of hydrogen-bond acceptors (Lipinski definition) is 3. The van der Waals surface area contributed by atoms with Crippen LogP contribution in [0.15, 0.2) is 28.9 Å². The van der Waals surface area contributed by atoms with E-state index in [4.69, 9.17) is 5.73 Å². The fraction of sp³-hybridized carbons (Fsp3) is 0.100. The maximum absolute atomic E-state index is 13.3. The van der Waals surface area contributed by atoms with Crippen LogP contribution in [0.1, 0.15) is 0 Å². The number of halogens is 2.